The first-order valence-corrected chi connectivity index (χ1v) is 10.7. The van der Waals surface area contributed by atoms with Crippen molar-refractivity contribution in [3.63, 3.8) is 0 Å². The number of hydrogen-bond acceptors (Lipinski definition) is 6. The largest absolute Gasteiger partial charge is 0.365 e. The van der Waals surface area contributed by atoms with Crippen LogP contribution in [0.2, 0.25) is 0 Å². The lowest BCUT2D eigenvalue weighted by atomic mass is 9.84. The first-order chi connectivity index (χ1) is 13.9. The molecule has 0 radical (unpaired) electrons. The lowest BCUT2D eigenvalue weighted by molar-refractivity contribution is 0.0500. The molecule has 2 saturated heterocycles. The van der Waals surface area contributed by atoms with E-state index >= 15 is 0 Å². The first kappa shape index (κ1) is 20.0. The van der Waals surface area contributed by atoms with Gasteiger partial charge in [0.1, 0.15) is 6.07 Å². The number of fused-ring (bicyclic) bond motifs is 1. The summed E-state index contributed by atoms with van der Waals surface area (Å²) in [7, 11) is 0. The number of rotatable bonds is 4. The van der Waals surface area contributed by atoms with Crippen molar-refractivity contribution in [3.8, 4) is 6.07 Å². The number of piperidine rings is 1. The highest BCUT2D eigenvalue weighted by Gasteiger charge is 2.43. The third kappa shape index (κ3) is 4.21. The van der Waals surface area contributed by atoms with E-state index in [4.69, 9.17) is 0 Å². The van der Waals surface area contributed by atoms with Gasteiger partial charge in [0, 0.05) is 27.8 Å². The SMILES string of the molecule is CC1(C)CC(Nc2nc(Nc3ccc(Br)c(C#N)c3)ncc2F)CC2CCCN21. The number of nitrogens with one attached hydrogen (secondary N) is 2. The fourth-order valence-electron chi connectivity index (χ4n) is 4.66. The predicted octanol–water partition coefficient (Wildman–Crippen LogP) is 4.81. The van der Waals surface area contributed by atoms with Gasteiger partial charge in [-0.1, -0.05) is 0 Å². The maximum atomic E-state index is 14.4. The number of nitriles is 1. The zero-order valence-electron chi connectivity index (χ0n) is 16.5. The monoisotopic (exact) mass is 458 g/mol. The van der Waals surface area contributed by atoms with Gasteiger partial charge in [0.05, 0.1) is 11.8 Å². The van der Waals surface area contributed by atoms with Gasteiger partial charge >= 0.3 is 0 Å². The van der Waals surface area contributed by atoms with E-state index in [9.17, 15) is 9.65 Å². The summed E-state index contributed by atoms with van der Waals surface area (Å²) < 4.78 is 15.1. The van der Waals surface area contributed by atoms with Crippen LogP contribution in [0.1, 0.15) is 45.1 Å². The molecule has 2 unspecified atom stereocenters. The Bertz CT molecular complexity index is 957. The Kier molecular flexibility index (Phi) is 5.45. The lowest BCUT2D eigenvalue weighted by Crippen LogP contribution is -2.55. The molecule has 2 atom stereocenters. The zero-order chi connectivity index (χ0) is 20.6. The molecule has 0 spiro atoms. The molecule has 8 heteroatoms. The van der Waals surface area contributed by atoms with E-state index in [1.54, 1.807) is 12.1 Å². The second kappa shape index (κ2) is 7.88. The van der Waals surface area contributed by atoms with Gasteiger partial charge in [-0.3, -0.25) is 4.90 Å². The van der Waals surface area contributed by atoms with E-state index in [0.29, 0.717) is 21.8 Å². The minimum Gasteiger partial charge on any atom is -0.365 e. The molecular formula is C21H24BrFN6. The minimum absolute atomic E-state index is 0.0901. The molecule has 2 aliphatic rings. The van der Waals surface area contributed by atoms with Crippen molar-refractivity contribution < 1.29 is 4.39 Å². The van der Waals surface area contributed by atoms with Gasteiger partial charge in [0.2, 0.25) is 5.95 Å². The minimum atomic E-state index is -0.462. The number of hydrogen-bond donors (Lipinski definition) is 2. The number of benzene rings is 1. The van der Waals surface area contributed by atoms with Crippen LogP contribution in [0.3, 0.4) is 0 Å². The Morgan fingerprint density at radius 2 is 2.21 bits per heavy atom. The van der Waals surface area contributed by atoms with Gasteiger partial charge in [-0.2, -0.15) is 10.2 Å². The Labute approximate surface area is 178 Å². The number of anilines is 3. The standard InChI is InChI=1S/C21H24BrFN6/c1-21(2)10-15(9-16-4-3-7-29(16)21)26-19-18(23)12-25-20(28-19)27-14-5-6-17(22)13(8-14)11-24/h5-6,8,12,15-16H,3-4,7,9-10H2,1-2H3,(H2,25,26,27,28). The van der Waals surface area contributed by atoms with Crippen LogP contribution in [0, 0.1) is 17.1 Å². The molecule has 2 fully saturated rings. The van der Waals surface area contributed by atoms with Crippen LogP contribution in [-0.4, -0.2) is 39.0 Å². The summed E-state index contributed by atoms with van der Waals surface area (Å²) >= 11 is 3.34. The van der Waals surface area contributed by atoms with Gasteiger partial charge in [0.25, 0.3) is 0 Å². The van der Waals surface area contributed by atoms with E-state index in [1.165, 1.54) is 19.0 Å². The average Bonchev–Trinajstić information content (AvgIpc) is 3.15. The molecule has 2 aromatic rings. The van der Waals surface area contributed by atoms with Gasteiger partial charge in [0.15, 0.2) is 11.6 Å². The first-order valence-electron chi connectivity index (χ1n) is 9.88. The Morgan fingerprint density at radius 3 is 3.00 bits per heavy atom. The smallest absolute Gasteiger partial charge is 0.229 e. The molecule has 1 aromatic carbocycles. The summed E-state index contributed by atoms with van der Waals surface area (Å²) in [6, 6.07) is 8.12. The van der Waals surface area contributed by atoms with Crippen molar-refractivity contribution in [2.75, 3.05) is 17.2 Å². The molecule has 4 rings (SSSR count). The quantitative estimate of drug-likeness (QED) is 0.684. The molecule has 2 N–H and O–H groups in total. The van der Waals surface area contributed by atoms with Crippen LogP contribution in [0.5, 0.6) is 0 Å². The maximum absolute atomic E-state index is 14.4. The van der Waals surface area contributed by atoms with Crippen molar-refractivity contribution in [2.45, 2.75) is 57.2 Å². The molecule has 29 heavy (non-hydrogen) atoms. The van der Waals surface area contributed by atoms with E-state index in [0.717, 1.165) is 19.4 Å². The molecule has 0 aliphatic carbocycles. The lowest BCUT2D eigenvalue weighted by Gasteiger charge is -2.47. The van der Waals surface area contributed by atoms with Crippen molar-refractivity contribution in [2.24, 2.45) is 0 Å². The highest BCUT2D eigenvalue weighted by Crippen LogP contribution is 2.38. The fourth-order valence-corrected chi connectivity index (χ4v) is 4.99. The fraction of sp³-hybridized carbons (Fsp3) is 0.476. The van der Waals surface area contributed by atoms with Crippen molar-refractivity contribution in [1.29, 1.82) is 5.26 Å². The summed E-state index contributed by atoms with van der Waals surface area (Å²) in [4.78, 5) is 11.0. The highest BCUT2D eigenvalue weighted by atomic mass is 79.9. The second-order valence-corrected chi connectivity index (χ2v) is 9.26. The van der Waals surface area contributed by atoms with E-state index in [-0.39, 0.29) is 23.3 Å². The molecule has 0 amide bonds. The number of nitrogens with zero attached hydrogens (tertiary/aromatic N) is 4. The van der Waals surface area contributed by atoms with Gasteiger partial charge in [-0.05, 0) is 80.2 Å². The third-order valence-electron chi connectivity index (χ3n) is 5.89. The predicted molar refractivity (Wildman–Crippen MR) is 115 cm³/mol. The Hall–Kier alpha value is -2.24. The van der Waals surface area contributed by atoms with E-state index < -0.39 is 5.82 Å². The molecule has 6 nitrogen and oxygen atoms in total. The van der Waals surface area contributed by atoms with Crippen LogP contribution < -0.4 is 10.6 Å². The molecular weight excluding hydrogens is 435 g/mol. The summed E-state index contributed by atoms with van der Waals surface area (Å²) in [6.45, 7) is 5.68. The van der Waals surface area contributed by atoms with Crippen LogP contribution in [0.4, 0.5) is 21.8 Å². The van der Waals surface area contributed by atoms with Crippen molar-refractivity contribution >= 4 is 33.4 Å². The molecule has 2 aliphatic heterocycles. The van der Waals surface area contributed by atoms with Gasteiger partial charge < -0.3 is 10.6 Å². The zero-order valence-corrected chi connectivity index (χ0v) is 18.1. The van der Waals surface area contributed by atoms with Crippen molar-refractivity contribution in [1.82, 2.24) is 14.9 Å². The van der Waals surface area contributed by atoms with E-state index in [2.05, 4.69) is 61.3 Å². The summed E-state index contributed by atoms with van der Waals surface area (Å²) in [5.74, 6) is 0.0424. The molecule has 0 bridgehead atoms. The van der Waals surface area contributed by atoms with Crippen LogP contribution in [0.25, 0.3) is 0 Å². The molecule has 152 valence electrons. The van der Waals surface area contributed by atoms with Crippen molar-refractivity contribution in [3.05, 3.63) is 40.2 Å². The van der Waals surface area contributed by atoms with Crippen LogP contribution >= 0.6 is 15.9 Å². The summed E-state index contributed by atoms with van der Waals surface area (Å²) in [6.07, 6.45) is 5.54. The number of halogens is 2. The van der Waals surface area contributed by atoms with Crippen LogP contribution in [-0.2, 0) is 0 Å². The average molecular weight is 459 g/mol. The summed E-state index contributed by atoms with van der Waals surface area (Å²) in [5.41, 5.74) is 1.26. The topological polar surface area (TPSA) is 76.9 Å². The molecule has 1 aromatic heterocycles. The Morgan fingerprint density at radius 1 is 1.38 bits per heavy atom. The highest BCUT2D eigenvalue weighted by molar-refractivity contribution is 9.10. The third-order valence-corrected chi connectivity index (χ3v) is 6.58. The number of aromatic nitrogens is 2. The normalized spacial score (nSPS) is 23.3. The second-order valence-electron chi connectivity index (χ2n) is 8.40. The molecule has 0 saturated carbocycles. The van der Waals surface area contributed by atoms with Gasteiger partial charge in [-0.25, -0.2) is 9.37 Å². The van der Waals surface area contributed by atoms with E-state index in [1.807, 2.05) is 6.07 Å². The maximum Gasteiger partial charge on any atom is 0.229 e. The summed E-state index contributed by atoms with van der Waals surface area (Å²) in [5, 5.41) is 15.6. The van der Waals surface area contributed by atoms with Crippen LogP contribution in [0.15, 0.2) is 28.9 Å². The van der Waals surface area contributed by atoms with Gasteiger partial charge in [-0.15, -0.1) is 0 Å². The Balaban J connectivity index is 1.51. The molecule has 3 heterocycles.